The number of alkyl halides is 2. The van der Waals surface area contributed by atoms with Gasteiger partial charge in [0.2, 0.25) is 0 Å². The highest BCUT2D eigenvalue weighted by Crippen LogP contribution is 2.38. The molecule has 0 spiro atoms. The zero-order valence-electron chi connectivity index (χ0n) is 12.9. The van der Waals surface area contributed by atoms with Crippen LogP contribution in [0.25, 0.3) is 0 Å². The number of carbonyl (C=O) groups is 1. The number of halogens is 2. The third kappa shape index (κ3) is 11.1. The fraction of sp³-hybridized carbons (Fsp3) is 0.824. The van der Waals surface area contributed by atoms with E-state index in [1.807, 2.05) is 6.08 Å². The molecule has 1 aliphatic rings. The summed E-state index contributed by atoms with van der Waals surface area (Å²) < 4.78 is 0. The normalized spacial score (nSPS) is 22.1. The van der Waals surface area contributed by atoms with Gasteiger partial charge in [-0.1, -0.05) is 57.7 Å². The average molecular weight is 410 g/mol. The number of hydrogen-bond acceptors (Lipinski definition) is 1. The second-order valence-corrected chi connectivity index (χ2v) is 7.59. The molecule has 1 atom stereocenters. The lowest BCUT2D eigenvalue weighted by Gasteiger charge is -2.32. The van der Waals surface area contributed by atoms with Gasteiger partial charge in [0.25, 0.3) is 0 Å². The topological polar surface area (TPSA) is 17.1 Å². The van der Waals surface area contributed by atoms with Gasteiger partial charge in [0.1, 0.15) is 5.78 Å². The van der Waals surface area contributed by atoms with Crippen molar-refractivity contribution in [2.45, 2.75) is 71.1 Å². The van der Waals surface area contributed by atoms with Crippen LogP contribution in [0.5, 0.6) is 0 Å². The molecule has 1 nitrogen and oxygen atoms in total. The van der Waals surface area contributed by atoms with Gasteiger partial charge < -0.3 is 0 Å². The first-order chi connectivity index (χ1) is 9.58. The first kappa shape index (κ1) is 20.4. The lowest BCUT2D eigenvalue weighted by atomic mass is 9.72. The van der Waals surface area contributed by atoms with Crippen LogP contribution in [0.3, 0.4) is 0 Å². The maximum absolute atomic E-state index is 11.4. The molecule has 0 saturated heterocycles. The van der Waals surface area contributed by atoms with Gasteiger partial charge in [-0.05, 0) is 43.9 Å². The van der Waals surface area contributed by atoms with E-state index in [-0.39, 0.29) is 0 Å². The molecule has 0 aromatic heterocycles. The standard InChI is InChI=1S/C12H21BrO.C5H9Br/c1-12(7-3-2-4-9-13)8-5-6-11(14)10-12;1-2-3-4-5-6/h2-10H2,1H3;2H,1,3-5H2/t12-;/m1./s1. The third-order valence-corrected chi connectivity index (χ3v) is 4.94. The molecule has 20 heavy (non-hydrogen) atoms. The Labute approximate surface area is 142 Å². The van der Waals surface area contributed by atoms with Gasteiger partial charge in [-0.3, -0.25) is 4.79 Å². The van der Waals surface area contributed by atoms with Crippen molar-refractivity contribution in [2.75, 3.05) is 10.7 Å². The highest BCUT2D eigenvalue weighted by molar-refractivity contribution is 9.09. The Morgan fingerprint density at radius 3 is 2.40 bits per heavy atom. The molecule has 1 rings (SSSR count). The van der Waals surface area contributed by atoms with E-state index >= 15 is 0 Å². The fourth-order valence-corrected chi connectivity index (χ4v) is 3.34. The van der Waals surface area contributed by atoms with Crippen molar-refractivity contribution >= 4 is 37.6 Å². The molecule has 1 aliphatic carbocycles. The van der Waals surface area contributed by atoms with Crippen molar-refractivity contribution in [3.05, 3.63) is 12.7 Å². The number of allylic oxidation sites excluding steroid dienone is 1. The van der Waals surface area contributed by atoms with Gasteiger partial charge in [-0.25, -0.2) is 0 Å². The van der Waals surface area contributed by atoms with Gasteiger partial charge >= 0.3 is 0 Å². The summed E-state index contributed by atoms with van der Waals surface area (Å²) in [5, 5.41) is 2.21. The van der Waals surface area contributed by atoms with E-state index in [9.17, 15) is 4.79 Å². The van der Waals surface area contributed by atoms with Gasteiger partial charge in [0, 0.05) is 23.5 Å². The Bertz CT molecular complexity index is 266. The molecule has 0 amide bonds. The molecule has 1 saturated carbocycles. The number of ketones is 1. The predicted molar refractivity (Wildman–Crippen MR) is 97.1 cm³/mol. The number of hydrogen-bond donors (Lipinski definition) is 0. The van der Waals surface area contributed by atoms with Crippen LogP contribution in [0.2, 0.25) is 0 Å². The quantitative estimate of drug-likeness (QED) is 0.256. The first-order valence-corrected chi connectivity index (χ1v) is 10.1. The van der Waals surface area contributed by atoms with E-state index in [0.717, 1.165) is 36.3 Å². The maximum Gasteiger partial charge on any atom is 0.133 e. The molecule has 0 N–H and O–H groups in total. The summed E-state index contributed by atoms with van der Waals surface area (Å²) >= 11 is 6.75. The summed E-state index contributed by atoms with van der Waals surface area (Å²) in [7, 11) is 0. The largest absolute Gasteiger partial charge is 0.300 e. The fourth-order valence-electron chi connectivity index (χ4n) is 2.62. The minimum atomic E-state index is 0.335. The Hall–Kier alpha value is 0.370. The minimum absolute atomic E-state index is 0.335. The summed E-state index contributed by atoms with van der Waals surface area (Å²) in [4.78, 5) is 11.4. The molecule has 3 heteroatoms. The number of carbonyl (C=O) groups excluding carboxylic acids is 1. The van der Waals surface area contributed by atoms with E-state index in [1.54, 1.807) is 0 Å². The van der Waals surface area contributed by atoms with E-state index in [0.29, 0.717) is 11.2 Å². The van der Waals surface area contributed by atoms with Crippen LogP contribution in [0.4, 0.5) is 0 Å². The molecular weight excluding hydrogens is 380 g/mol. The molecule has 0 aromatic carbocycles. The summed E-state index contributed by atoms with van der Waals surface area (Å²) in [5.41, 5.74) is 0.335. The molecule has 0 aliphatic heterocycles. The molecule has 118 valence electrons. The van der Waals surface area contributed by atoms with Gasteiger partial charge in [-0.15, -0.1) is 6.58 Å². The second-order valence-electron chi connectivity index (χ2n) is 6.00. The lowest BCUT2D eigenvalue weighted by molar-refractivity contribution is -0.123. The van der Waals surface area contributed by atoms with Crippen LogP contribution in [0.15, 0.2) is 12.7 Å². The molecule has 0 unspecified atom stereocenters. The molecule has 0 aromatic rings. The van der Waals surface area contributed by atoms with E-state index < -0.39 is 0 Å². The van der Waals surface area contributed by atoms with Crippen LogP contribution < -0.4 is 0 Å². The van der Waals surface area contributed by atoms with Gasteiger partial charge in [0.15, 0.2) is 0 Å². The Morgan fingerprint density at radius 1 is 1.20 bits per heavy atom. The minimum Gasteiger partial charge on any atom is -0.300 e. The molecule has 0 heterocycles. The van der Waals surface area contributed by atoms with Gasteiger partial charge in [-0.2, -0.15) is 0 Å². The number of unbranched alkanes of at least 4 members (excludes halogenated alkanes) is 3. The number of Topliss-reactive ketones (excluding diaryl/α,β-unsaturated/α-hetero) is 1. The number of rotatable bonds is 8. The van der Waals surface area contributed by atoms with Crippen molar-refractivity contribution in [3.63, 3.8) is 0 Å². The second kappa shape index (κ2) is 13.1. The highest BCUT2D eigenvalue weighted by Gasteiger charge is 2.30. The first-order valence-electron chi connectivity index (χ1n) is 7.82. The third-order valence-electron chi connectivity index (χ3n) is 3.82. The summed E-state index contributed by atoms with van der Waals surface area (Å²) in [6, 6.07) is 0. The lowest BCUT2D eigenvalue weighted by Crippen LogP contribution is -2.25. The monoisotopic (exact) mass is 408 g/mol. The average Bonchev–Trinajstić information content (AvgIpc) is 2.42. The smallest absolute Gasteiger partial charge is 0.133 e. The Morgan fingerprint density at radius 2 is 1.90 bits per heavy atom. The van der Waals surface area contributed by atoms with Gasteiger partial charge in [0.05, 0.1) is 0 Å². The van der Waals surface area contributed by atoms with Crippen molar-refractivity contribution in [3.8, 4) is 0 Å². The summed E-state index contributed by atoms with van der Waals surface area (Å²) in [5.74, 6) is 0.485. The maximum atomic E-state index is 11.4. The summed E-state index contributed by atoms with van der Waals surface area (Å²) in [6.07, 6.45) is 13.4. The van der Waals surface area contributed by atoms with Crippen molar-refractivity contribution in [1.82, 2.24) is 0 Å². The highest BCUT2D eigenvalue weighted by atomic mass is 79.9. The van der Waals surface area contributed by atoms with E-state index in [2.05, 4.69) is 45.4 Å². The Kier molecular flexibility index (Phi) is 13.3. The van der Waals surface area contributed by atoms with Crippen molar-refractivity contribution in [2.24, 2.45) is 5.41 Å². The van der Waals surface area contributed by atoms with Crippen LogP contribution in [0.1, 0.15) is 71.1 Å². The Balaban J connectivity index is 0.000000511. The van der Waals surface area contributed by atoms with Crippen molar-refractivity contribution in [1.29, 1.82) is 0 Å². The van der Waals surface area contributed by atoms with Crippen LogP contribution in [-0.4, -0.2) is 16.4 Å². The molecule has 0 radical (unpaired) electrons. The zero-order valence-corrected chi connectivity index (χ0v) is 16.1. The van der Waals surface area contributed by atoms with Crippen molar-refractivity contribution < 1.29 is 4.79 Å². The molecular formula is C17H30Br2O. The van der Waals surface area contributed by atoms with E-state index in [1.165, 1.54) is 38.5 Å². The summed E-state index contributed by atoms with van der Waals surface area (Å²) in [6.45, 7) is 5.87. The molecule has 1 fully saturated rings. The zero-order chi connectivity index (χ0) is 15.3. The molecule has 0 bridgehead atoms. The SMILES string of the molecule is C=CCCCBr.C[C@@]1(CCCCCBr)CCCC(=O)C1. The van der Waals surface area contributed by atoms with E-state index in [4.69, 9.17) is 0 Å². The predicted octanol–water partition coefficient (Wildman–Crippen LogP) is 6.44. The van der Waals surface area contributed by atoms with Crippen LogP contribution >= 0.6 is 31.9 Å². The van der Waals surface area contributed by atoms with Crippen LogP contribution in [0, 0.1) is 5.41 Å². The van der Waals surface area contributed by atoms with Crippen LogP contribution in [-0.2, 0) is 4.79 Å².